The van der Waals surface area contributed by atoms with Crippen LogP contribution in [0, 0.1) is 0 Å². The number of hydrogen-bond acceptors (Lipinski definition) is 5. The maximum Gasteiger partial charge on any atom is 0.223 e. The molecule has 3 rings (SSSR count). The monoisotopic (exact) mass is 328 g/mol. The molecule has 0 bridgehead atoms. The lowest BCUT2D eigenvalue weighted by Crippen LogP contribution is -2.34. The normalized spacial score (nSPS) is 14.7. The van der Waals surface area contributed by atoms with Gasteiger partial charge in [0.1, 0.15) is 21.4 Å². The first-order valence-corrected chi connectivity index (χ1v) is 6.55. The standard InChI is InChI=1S/C10H10BrClN6/c11-6-4-14-9-5-17(1-2-18(6)9)8-3-7(12)15-10(13)16-8/h3-4H,1-2,5H2,(H2,13,15,16). The molecule has 1 aliphatic rings. The number of aromatic nitrogens is 4. The van der Waals surface area contributed by atoms with Crippen molar-refractivity contribution in [2.45, 2.75) is 13.1 Å². The lowest BCUT2D eigenvalue weighted by atomic mass is 10.3. The fourth-order valence-electron chi connectivity index (χ4n) is 2.00. The highest BCUT2D eigenvalue weighted by atomic mass is 79.9. The second-order valence-corrected chi connectivity index (χ2v) is 5.18. The highest BCUT2D eigenvalue weighted by Gasteiger charge is 2.20. The Hall–Kier alpha value is -1.34. The Morgan fingerprint density at radius 2 is 2.17 bits per heavy atom. The summed E-state index contributed by atoms with van der Waals surface area (Å²) in [6, 6.07) is 1.71. The van der Waals surface area contributed by atoms with Gasteiger partial charge in [-0.15, -0.1) is 0 Å². The second kappa shape index (κ2) is 4.40. The molecule has 0 radical (unpaired) electrons. The van der Waals surface area contributed by atoms with E-state index in [9.17, 15) is 0 Å². The SMILES string of the molecule is Nc1nc(Cl)cc(N2CCn3c(Br)cnc3C2)n1. The van der Waals surface area contributed by atoms with E-state index in [0.717, 1.165) is 29.3 Å². The molecular formula is C10H10BrClN6. The van der Waals surface area contributed by atoms with Crippen LogP contribution in [0.5, 0.6) is 0 Å². The van der Waals surface area contributed by atoms with Gasteiger partial charge in [0.05, 0.1) is 12.7 Å². The summed E-state index contributed by atoms with van der Waals surface area (Å²) in [7, 11) is 0. The molecule has 2 aromatic heterocycles. The summed E-state index contributed by atoms with van der Waals surface area (Å²) in [4.78, 5) is 14.5. The van der Waals surface area contributed by atoms with Crippen LogP contribution in [0.3, 0.4) is 0 Å². The van der Waals surface area contributed by atoms with Gasteiger partial charge in [-0.3, -0.25) is 0 Å². The summed E-state index contributed by atoms with van der Waals surface area (Å²) < 4.78 is 3.13. The van der Waals surface area contributed by atoms with Gasteiger partial charge in [0.15, 0.2) is 0 Å². The summed E-state index contributed by atoms with van der Waals surface area (Å²) in [6.45, 7) is 2.35. The summed E-state index contributed by atoms with van der Waals surface area (Å²) in [5, 5.41) is 0.354. The first kappa shape index (κ1) is 11.7. The van der Waals surface area contributed by atoms with Crippen molar-refractivity contribution in [3.05, 3.63) is 27.8 Å². The second-order valence-electron chi connectivity index (χ2n) is 3.98. The van der Waals surface area contributed by atoms with Crippen LogP contribution in [0.1, 0.15) is 5.82 Å². The van der Waals surface area contributed by atoms with Gasteiger partial charge in [-0.05, 0) is 15.9 Å². The van der Waals surface area contributed by atoms with E-state index in [1.807, 2.05) is 0 Å². The summed E-state index contributed by atoms with van der Waals surface area (Å²) in [5.74, 6) is 1.91. The molecule has 0 aromatic carbocycles. The Kier molecular flexibility index (Phi) is 2.87. The maximum atomic E-state index is 5.89. The van der Waals surface area contributed by atoms with E-state index in [0.29, 0.717) is 11.7 Å². The zero-order chi connectivity index (χ0) is 12.7. The van der Waals surface area contributed by atoms with E-state index in [1.54, 1.807) is 12.3 Å². The maximum absolute atomic E-state index is 5.89. The Morgan fingerprint density at radius 1 is 1.33 bits per heavy atom. The average molecular weight is 330 g/mol. The van der Waals surface area contributed by atoms with Gasteiger partial charge in [-0.1, -0.05) is 11.6 Å². The number of halogens is 2. The van der Waals surface area contributed by atoms with Crippen molar-refractivity contribution >= 4 is 39.3 Å². The van der Waals surface area contributed by atoms with Gasteiger partial charge in [-0.2, -0.15) is 4.98 Å². The first-order valence-electron chi connectivity index (χ1n) is 5.38. The number of hydrogen-bond donors (Lipinski definition) is 1. The smallest absolute Gasteiger partial charge is 0.223 e. The van der Waals surface area contributed by atoms with E-state index in [2.05, 4.69) is 40.3 Å². The third-order valence-corrected chi connectivity index (χ3v) is 3.66. The minimum atomic E-state index is 0.188. The molecule has 0 saturated heterocycles. The zero-order valence-corrected chi connectivity index (χ0v) is 11.7. The summed E-state index contributed by atoms with van der Waals surface area (Å²) in [6.07, 6.45) is 1.81. The first-order chi connectivity index (χ1) is 8.63. The molecule has 0 fully saturated rings. The van der Waals surface area contributed by atoms with Crippen LogP contribution < -0.4 is 10.6 Å². The number of nitrogen functional groups attached to an aromatic ring is 1. The minimum Gasteiger partial charge on any atom is -0.368 e. The number of nitrogens with zero attached hydrogens (tertiary/aromatic N) is 5. The third kappa shape index (κ3) is 2.04. The van der Waals surface area contributed by atoms with Crippen molar-refractivity contribution in [3.63, 3.8) is 0 Å². The molecule has 0 aliphatic carbocycles. The molecule has 2 aromatic rings. The zero-order valence-electron chi connectivity index (χ0n) is 9.35. The van der Waals surface area contributed by atoms with Gasteiger partial charge in [0, 0.05) is 19.2 Å². The van der Waals surface area contributed by atoms with E-state index in [1.165, 1.54) is 0 Å². The van der Waals surface area contributed by atoms with Crippen molar-refractivity contribution in [1.82, 2.24) is 19.5 Å². The molecule has 0 saturated carbocycles. The van der Waals surface area contributed by atoms with Crippen molar-refractivity contribution in [2.24, 2.45) is 0 Å². The molecule has 6 nitrogen and oxygen atoms in total. The van der Waals surface area contributed by atoms with E-state index in [4.69, 9.17) is 17.3 Å². The fourth-order valence-corrected chi connectivity index (χ4v) is 2.67. The molecule has 8 heteroatoms. The molecular weight excluding hydrogens is 320 g/mol. The minimum absolute atomic E-state index is 0.188. The van der Waals surface area contributed by atoms with Crippen LogP contribution >= 0.6 is 27.5 Å². The van der Waals surface area contributed by atoms with Gasteiger partial charge in [0.2, 0.25) is 5.95 Å². The van der Waals surface area contributed by atoms with Gasteiger partial charge < -0.3 is 15.2 Å². The van der Waals surface area contributed by atoms with Crippen LogP contribution in [-0.4, -0.2) is 26.1 Å². The van der Waals surface area contributed by atoms with E-state index in [-0.39, 0.29) is 5.95 Å². The number of fused-ring (bicyclic) bond motifs is 1. The third-order valence-electron chi connectivity index (χ3n) is 2.84. The largest absolute Gasteiger partial charge is 0.368 e. The molecule has 94 valence electrons. The highest BCUT2D eigenvalue weighted by Crippen LogP contribution is 2.23. The van der Waals surface area contributed by atoms with Crippen molar-refractivity contribution in [1.29, 1.82) is 0 Å². The Labute approximate surface area is 117 Å². The van der Waals surface area contributed by atoms with E-state index >= 15 is 0 Å². The molecule has 3 heterocycles. The number of nitrogens with two attached hydrogens (primary N) is 1. The van der Waals surface area contributed by atoms with Crippen LogP contribution in [0.15, 0.2) is 16.9 Å². The molecule has 1 aliphatic heterocycles. The van der Waals surface area contributed by atoms with Crippen LogP contribution in [-0.2, 0) is 13.1 Å². The van der Waals surface area contributed by atoms with Crippen molar-refractivity contribution in [2.75, 3.05) is 17.2 Å². The summed E-state index contributed by atoms with van der Waals surface area (Å²) in [5.41, 5.74) is 5.60. The predicted molar refractivity (Wildman–Crippen MR) is 72.4 cm³/mol. The van der Waals surface area contributed by atoms with Gasteiger partial charge in [0.25, 0.3) is 0 Å². The molecule has 0 spiro atoms. The number of imidazole rings is 1. The quantitative estimate of drug-likeness (QED) is 0.806. The highest BCUT2D eigenvalue weighted by molar-refractivity contribution is 9.10. The lowest BCUT2D eigenvalue weighted by molar-refractivity contribution is 0.549. The predicted octanol–water partition coefficient (Wildman–Crippen LogP) is 1.69. The average Bonchev–Trinajstić information content (AvgIpc) is 2.69. The Morgan fingerprint density at radius 3 is 2.94 bits per heavy atom. The Balaban J connectivity index is 1.91. The van der Waals surface area contributed by atoms with Crippen molar-refractivity contribution < 1.29 is 0 Å². The molecule has 0 unspecified atom stereocenters. The van der Waals surface area contributed by atoms with E-state index < -0.39 is 0 Å². The molecule has 18 heavy (non-hydrogen) atoms. The van der Waals surface area contributed by atoms with Crippen LogP contribution in [0.4, 0.5) is 11.8 Å². The van der Waals surface area contributed by atoms with Crippen LogP contribution in [0.25, 0.3) is 0 Å². The number of rotatable bonds is 1. The lowest BCUT2D eigenvalue weighted by Gasteiger charge is -2.29. The number of anilines is 2. The molecule has 0 amide bonds. The van der Waals surface area contributed by atoms with Gasteiger partial charge >= 0.3 is 0 Å². The molecule has 0 atom stereocenters. The molecule has 2 N–H and O–H groups in total. The van der Waals surface area contributed by atoms with Gasteiger partial charge in [-0.25, -0.2) is 9.97 Å². The fraction of sp³-hybridized carbons (Fsp3) is 0.300. The summed E-state index contributed by atoms with van der Waals surface area (Å²) >= 11 is 9.35. The topological polar surface area (TPSA) is 72.9 Å². The van der Waals surface area contributed by atoms with Crippen LogP contribution in [0.2, 0.25) is 5.15 Å². The van der Waals surface area contributed by atoms with Crippen molar-refractivity contribution in [3.8, 4) is 0 Å². The Bertz CT molecular complexity index is 578.